The predicted octanol–water partition coefficient (Wildman–Crippen LogP) is 1.88. The number of hydrogen-bond donors (Lipinski definition) is 1. The molecule has 1 N–H and O–H groups in total. The Morgan fingerprint density at radius 2 is 2.32 bits per heavy atom. The van der Waals surface area contributed by atoms with E-state index >= 15 is 0 Å². The summed E-state index contributed by atoms with van der Waals surface area (Å²) in [6.07, 6.45) is 1.37. The maximum absolute atomic E-state index is 11.0. The summed E-state index contributed by atoms with van der Waals surface area (Å²) in [5.41, 5.74) is 0. The lowest BCUT2D eigenvalue weighted by Crippen LogP contribution is -2.42. The summed E-state index contributed by atoms with van der Waals surface area (Å²) in [4.78, 5) is 17.5. The Labute approximate surface area is 112 Å². The highest BCUT2D eigenvalue weighted by Gasteiger charge is 2.30. The molecule has 0 spiro atoms. The smallest absolute Gasteiger partial charge is 0.306 e. The van der Waals surface area contributed by atoms with Crippen LogP contribution in [0.4, 0.5) is 0 Å². The van der Waals surface area contributed by atoms with E-state index in [1.165, 1.54) is 0 Å². The van der Waals surface area contributed by atoms with Crippen LogP contribution >= 0.6 is 0 Å². The molecule has 0 bridgehead atoms. The molecule has 0 radical (unpaired) electrons. The van der Waals surface area contributed by atoms with E-state index in [0.29, 0.717) is 25.3 Å². The summed E-state index contributed by atoms with van der Waals surface area (Å²) in [6.45, 7) is 7.46. The summed E-state index contributed by atoms with van der Waals surface area (Å²) in [6, 6.07) is 0.226. The average Bonchev–Trinajstić information content (AvgIpc) is 2.80. The lowest BCUT2D eigenvalue weighted by atomic mass is 9.92. The molecule has 1 saturated heterocycles. The van der Waals surface area contributed by atoms with Gasteiger partial charge in [-0.2, -0.15) is 4.98 Å². The summed E-state index contributed by atoms with van der Waals surface area (Å²) in [7, 11) is 0. The molecule has 1 fully saturated rings. The maximum atomic E-state index is 11.0. The highest BCUT2D eigenvalue weighted by Crippen LogP contribution is 2.24. The molecule has 19 heavy (non-hydrogen) atoms. The van der Waals surface area contributed by atoms with Crippen molar-refractivity contribution in [2.45, 2.75) is 52.1 Å². The highest BCUT2D eigenvalue weighted by molar-refractivity contribution is 5.70. The number of carbonyl (C=O) groups is 1. The molecule has 6 heteroatoms. The summed E-state index contributed by atoms with van der Waals surface area (Å²) in [5, 5.41) is 13.0. The topological polar surface area (TPSA) is 79.5 Å². The van der Waals surface area contributed by atoms with Gasteiger partial charge < -0.3 is 9.63 Å². The van der Waals surface area contributed by atoms with Crippen molar-refractivity contribution in [3.63, 3.8) is 0 Å². The van der Waals surface area contributed by atoms with Crippen molar-refractivity contribution in [2.24, 2.45) is 5.92 Å². The van der Waals surface area contributed by atoms with Gasteiger partial charge in [0.15, 0.2) is 5.82 Å². The molecule has 2 rings (SSSR count). The molecule has 0 aromatic carbocycles. The van der Waals surface area contributed by atoms with Crippen LogP contribution in [-0.4, -0.2) is 38.7 Å². The normalized spacial score (nSPS) is 24.8. The monoisotopic (exact) mass is 267 g/mol. The fourth-order valence-corrected chi connectivity index (χ4v) is 2.42. The first-order valence-electron chi connectivity index (χ1n) is 6.76. The molecule has 6 nitrogen and oxygen atoms in total. The third kappa shape index (κ3) is 3.32. The maximum Gasteiger partial charge on any atom is 0.306 e. The molecule has 0 aliphatic carbocycles. The lowest BCUT2D eigenvalue weighted by molar-refractivity contribution is -0.144. The van der Waals surface area contributed by atoms with Gasteiger partial charge in [-0.25, -0.2) is 0 Å². The van der Waals surface area contributed by atoms with E-state index < -0.39 is 5.97 Å². The van der Waals surface area contributed by atoms with E-state index in [2.05, 4.69) is 22.0 Å². The van der Waals surface area contributed by atoms with Crippen molar-refractivity contribution < 1.29 is 14.4 Å². The van der Waals surface area contributed by atoms with Gasteiger partial charge in [0, 0.05) is 12.0 Å². The van der Waals surface area contributed by atoms with Gasteiger partial charge in [0.2, 0.25) is 5.89 Å². The molecular weight excluding hydrogens is 246 g/mol. The van der Waals surface area contributed by atoms with Crippen LogP contribution in [-0.2, 0) is 11.3 Å². The molecule has 1 aliphatic heterocycles. The van der Waals surface area contributed by atoms with Crippen LogP contribution in [0.2, 0.25) is 0 Å². The fourth-order valence-electron chi connectivity index (χ4n) is 2.42. The molecule has 2 unspecified atom stereocenters. The number of rotatable bonds is 4. The van der Waals surface area contributed by atoms with Gasteiger partial charge in [0.1, 0.15) is 0 Å². The SMILES string of the molecule is CC(C)c1noc(CN2CCC(C(=O)O)CC2C)n1. The quantitative estimate of drug-likeness (QED) is 0.897. The number of aliphatic carboxylic acids is 1. The van der Waals surface area contributed by atoms with Crippen LogP contribution in [0, 0.1) is 5.92 Å². The molecule has 2 atom stereocenters. The van der Waals surface area contributed by atoms with Gasteiger partial charge in [-0.15, -0.1) is 0 Å². The minimum Gasteiger partial charge on any atom is -0.481 e. The second-order valence-electron chi connectivity index (χ2n) is 5.58. The Morgan fingerprint density at radius 1 is 1.58 bits per heavy atom. The largest absolute Gasteiger partial charge is 0.481 e. The summed E-state index contributed by atoms with van der Waals surface area (Å²) >= 11 is 0. The van der Waals surface area contributed by atoms with Crippen LogP contribution in [0.5, 0.6) is 0 Å². The van der Waals surface area contributed by atoms with Crippen molar-refractivity contribution >= 4 is 5.97 Å². The number of piperidine rings is 1. The molecule has 2 heterocycles. The number of likely N-dealkylation sites (tertiary alicyclic amines) is 1. The van der Waals surface area contributed by atoms with E-state index in [0.717, 1.165) is 12.4 Å². The number of aromatic nitrogens is 2. The molecule has 1 aromatic rings. The van der Waals surface area contributed by atoms with E-state index in [1.807, 2.05) is 13.8 Å². The number of nitrogens with zero attached hydrogens (tertiary/aromatic N) is 3. The van der Waals surface area contributed by atoms with Crippen LogP contribution in [0.15, 0.2) is 4.52 Å². The van der Waals surface area contributed by atoms with E-state index in [1.54, 1.807) is 0 Å². The van der Waals surface area contributed by atoms with Gasteiger partial charge >= 0.3 is 5.97 Å². The number of hydrogen-bond acceptors (Lipinski definition) is 5. The minimum atomic E-state index is -0.689. The third-order valence-electron chi connectivity index (χ3n) is 3.70. The molecule has 0 saturated carbocycles. The van der Waals surface area contributed by atoms with Gasteiger partial charge in [-0.3, -0.25) is 9.69 Å². The minimum absolute atomic E-state index is 0.222. The van der Waals surface area contributed by atoms with Gasteiger partial charge in [0.05, 0.1) is 12.5 Å². The second-order valence-corrected chi connectivity index (χ2v) is 5.58. The first-order chi connectivity index (χ1) is 8.97. The highest BCUT2D eigenvalue weighted by atomic mass is 16.5. The zero-order chi connectivity index (χ0) is 14.0. The van der Waals surface area contributed by atoms with Crippen LogP contribution in [0.25, 0.3) is 0 Å². The Balaban J connectivity index is 1.94. The van der Waals surface area contributed by atoms with Crippen LogP contribution < -0.4 is 0 Å². The molecule has 0 amide bonds. The average molecular weight is 267 g/mol. The van der Waals surface area contributed by atoms with Gasteiger partial charge in [0.25, 0.3) is 0 Å². The lowest BCUT2D eigenvalue weighted by Gasteiger charge is -2.35. The Bertz CT molecular complexity index is 444. The zero-order valence-corrected chi connectivity index (χ0v) is 11.7. The number of carboxylic acid groups (broad SMARTS) is 1. The molecule has 1 aliphatic rings. The second kappa shape index (κ2) is 5.69. The van der Waals surface area contributed by atoms with Gasteiger partial charge in [-0.1, -0.05) is 19.0 Å². The van der Waals surface area contributed by atoms with E-state index in [9.17, 15) is 4.79 Å². The molecule has 1 aromatic heterocycles. The first-order valence-corrected chi connectivity index (χ1v) is 6.76. The Morgan fingerprint density at radius 3 is 2.84 bits per heavy atom. The fraction of sp³-hybridized carbons (Fsp3) is 0.769. The van der Waals surface area contributed by atoms with Crippen LogP contribution in [0.3, 0.4) is 0 Å². The van der Waals surface area contributed by atoms with Crippen molar-refractivity contribution in [1.29, 1.82) is 0 Å². The zero-order valence-electron chi connectivity index (χ0n) is 11.7. The van der Waals surface area contributed by atoms with Crippen molar-refractivity contribution in [1.82, 2.24) is 15.0 Å². The predicted molar refractivity (Wildman–Crippen MR) is 68.6 cm³/mol. The molecular formula is C13H21N3O3. The first kappa shape index (κ1) is 14.0. The van der Waals surface area contributed by atoms with Crippen LogP contribution in [0.1, 0.15) is 51.2 Å². The van der Waals surface area contributed by atoms with E-state index in [-0.39, 0.29) is 17.9 Å². The Kier molecular flexibility index (Phi) is 4.19. The molecule has 106 valence electrons. The number of carboxylic acids is 1. The Hall–Kier alpha value is -1.43. The van der Waals surface area contributed by atoms with Crippen molar-refractivity contribution in [2.75, 3.05) is 6.54 Å². The summed E-state index contributed by atoms with van der Waals surface area (Å²) in [5.74, 6) is 0.687. The van der Waals surface area contributed by atoms with Gasteiger partial charge in [-0.05, 0) is 26.3 Å². The third-order valence-corrected chi connectivity index (χ3v) is 3.70. The van der Waals surface area contributed by atoms with Crippen molar-refractivity contribution in [3.05, 3.63) is 11.7 Å². The van der Waals surface area contributed by atoms with E-state index in [4.69, 9.17) is 9.63 Å². The van der Waals surface area contributed by atoms with Crippen molar-refractivity contribution in [3.8, 4) is 0 Å². The standard InChI is InChI=1S/C13H21N3O3/c1-8(2)12-14-11(19-15-12)7-16-5-4-10(13(17)18)6-9(16)3/h8-10H,4-7H2,1-3H3,(H,17,18). The summed E-state index contributed by atoms with van der Waals surface area (Å²) < 4.78 is 5.23.